The van der Waals surface area contributed by atoms with Gasteiger partial charge in [-0.1, -0.05) is 13.5 Å². The summed E-state index contributed by atoms with van der Waals surface area (Å²) in [6.45, 7) is 12.3. The van der Waals surface area contributed by atoms with Crippen LogP contribution in [0.1, 0.15) is 13.8 Å². The number of rotatable bonds is 6. The highest BCUT2D eigenvalue weighted by Crippen LogP contribution is 2.09. The summed E-state index contributed by atoms with van der Waals surface area (Å²) in [5.74, 6) is -0.343. The van der Waals surface area contributed by atoms with E-state index >= 15 is 0 Å². The lowest BCUT2D eigenvalue weighted by molar-refractivity contribution is -0.139. The Hall–Kier alpha value is -0.613. The van der Waals surface area contributed by atoms with Crippen molar-refractivity contribution in [3.63, 3.8) is 0 Å². The van der Waals surface area contributed by atoms with Gasteiger partial charge >= 0.3 is 5.97 Å². The zero-order chi connectivity index (χ0) is 11.2. The third kappa shape index (κ3) is 5.94. The highest BCUT2D eigenvalue weighted by molar-refractivity contribution is 6.71. The second-order valence-corrected chi connectivity index (χ2v) is 8.39. The minimum absolute atomic E-state index is 0.322. The Balaban J connectivity index is 3.57. The van der Waals surface area contributed by atoms with Gasteiger partial charge in [-0.15, -0.1) is 0 Å². The van der Waals surface area contributed by atoms with Crippen LogP contribution >= 0.6 is 0 Å². The fourth-order valence-electron chi connectivity index (χ4n) is 0.678. The van der Waals surface area contributed by atoms with Gasteiger partial charge in [0.2, 0.25) is 0 Å². The molecule has 0 atom stereocenters. The third-order valence-corrected chi connectivity index (χ3v) is 4.70. The third-order valence-electron chi connectivity index (χ3n) is 2.01. The summed E-state index contributed by atoms with van der Waals surface area (Å²) in [7, 11) is -1.49. The molecule has 0 saturated carbocycles. The van der Waals surface area contributed by atoms with Crippen molar-refractivity contribution in [3.8, 4) is 0 Å². The molecule has 82 valence electrons. The maximum absolute atomic E-state index is 11.0. The molecule has 0 spiro atoms. The minimum atomic E-state index is -1.49. The van der Waals surface area contributed by atoms with Crippen LogP contribution in [0.5, 0.6) is 0 Å². The average Bonchev–Trinajstić information content (AvgIpc) is 2.12. The number of hydrogen-bond donors (Lipinski definition) is 0. The second kappa shape index (κ2) is 5.98. The largest absolute Gasteiger partial charge is 0.460 e. The van der Waals surface area contributed by atoms with Crippen LogP contribution in [0.2, 0.25) is 19.1 Å². The van der Waals surface area contributed by atoms with Crippen LogP contribution in [0.25, 0.3) is 0 Å². The molecule has 0 saturated heterocycles. The Labute approximate surface area is 87.2 Å². The van der Waals surface area contributed by atoms with E-state index in [4.69, 9.17) is 9.16 Å². The van der Waals surface area contributed by atoms with E-state index in [0.717, 1.165) is 6.04 Å². The lowest BCUT2D eigenvalue weighted by Gasteiger charge is -2.20. The lowest BCUT2D eigenvalue weighted by atomic mass is 10.4. The molecule has 0 fully saturated rings. The van der Waals surface area contributed by atoms with E-state index in [1.807, 2.05) is 0 Å². The molecule has 14 heavy (non-hydrogen) atoms. The van der Waals surface area contributed by atoms with Gasteiger partial charge < -0.3 is 9.16 Å². The number of carbonyl (C=O) groups excluding carboxylic acids is 1. The van der Waals surface area contributed by atoms with Crippen LogP contribution in [-0.4, -0.2) is 27.5 Å². The van der Waals surface area contributed by atoms with Gasteiger partial charge in [-0.3, -0.25) is 0 Å². The molecular weight excluding hydrogens is 196 g/mol. The van der Waals surface area contributed by atoms with E-state index in [1.165, 1.54) is 0 Å². The Kier molecular flexibility index (Phi) is 5.72. The van der Waals surface area contributed by atoms with Crippen LogP contribution in [0.15, 0.2) is 12.2 Å². The quantitative estimate of drug-likeness (QED) is 0.296. The monoisotopic (exact) mass is 216 g/mol. The van der Waals surface area contributed by atoms with Crippen molar-refractivity contribution in [2.24, 2.45) is 0 Å². The first-order chi connectivity index (χ1) is 6.39. The summed E-state index contributed by atoms with van der Waals surface area (Å²) in [4.78, 5) is 11.0. The predicted molar refractivity (Wildman–Crippen MR) is 59.7 cm³/mol. The van der Waals surface area contributed by atoms with E-state index in [2.05, 4.69) is 26.6 Å². The molecule has 0 aliphatic carbocycles. The van der Waals surface area contributed by atoms with Crippen LogP contribution in [-0.2, 0) is 14.0 Å². The smallest absolute Gasteiger partial charge is 0.333 e. The molecule has 0 aliphatic heterocycles. The summed E-state index contributed by atoms with van der Waals surface area (Å²) in [6, 6.07) is 1.07. The van der Waals surface area contributed by atoms with Crippen molar-refractivity contribution in [3.05, 3.63) is 12.2 Å². The second-order valence-electron chi connectivity index (χ2n) is 3.88. The summed E-state index contributed by atoms with van der Waals surface area (Å²) < 4.78 is 10.5. The van der Waals surface area contributed by atoms with Crippen molar-refractivity contribution in [2.45, 2.75) is 33.0 Å². The molecule has 0 amide bonds. The molecular formula is C10H20O3Si. The topological polar surface area (TPSA) is 35.5 Å². The standard InChI is InChI=1S/C10H20O3Si/c1-6-14(4,5)13-8-7-12-10(11)9(2)3/h2,6-8H2,1,3-5H3. The summed E-state index contributed by atoms with van der Waals surface area (Å²) in [6.07, 6.45) is 0. The van der Waals surface area contributed by atoms with Crippen molar-refractivity contribution in [2.75, 3.05) is 13.2 Å². The van der Waals surface area contributed by atoms with Crippen molar-refractivity contribution < 1.29 is 14.0 Å². The first-order valence-electron chi connectivity index (χ1n) is 4.85. The average molecular weight is 216 g/mol. The van der Waals surface area contributed by atoms with E-state index < -0.39 is 8.32 Å². The molecule has 0 N–H and O–H groups in total. The zero-order valence-corrected chi connectivity index (χ0v) is 10.6. The minimum Gasteiger partial charge on any atom is -0.460 e. The van der Waals surface area contributed by atoms with E-state index in [-0.39, 0.29) is 5.97 Å². The molecule has 0 aliphatic rings. The van der Waals surface area contributed by atoms with Crippen LogP contribution < -0.4 is 0 Å². The molecule has 0 bridgehead atoms. The molecule has 0 radical (unpaired) electrons. The fourth-order valence-corrected chi connectivity index (χ4v) is 1.52. The fraction of sp³-hybridized carbons (Fsp3) is 0.700. The Morgan fingerprint density at radius 1 is 1.36 bits per heavy atom. The van der Waals surface area contributed by atoms with E-state index in [1.54, 1.807) is 6.92 Å². The first kappa shape index (κ1) is 13.4. The van der Waals surface area contributed by atoms with Gasteiger partial charge in [0.05, 0.1) is 6.61 Å². The number of carbonyl (C=O) groups is 1. The van der Waals surface area contributed by atoms with E-state index in [0.29, 0.717) is 18.8 Å². The van der Waals surface area contributed by atoms with Gasteiger partial charge in [0.15, 0.2) is 8.32 Å². The SMILES string of the molecule is C=C(C)C(=O)OCCO[Si](C)(C)CC. The van der Waals surface area contributed by atoms with Crippen molar-refractivity contribution in [1.82, 2.24) is 0 Å². The summed E-state index contributed by atoms with van der Waals surface area (Å²) in [5.41, 5.74) is 0.428. The Bertz CT molecular complexity index is 211. The normalized spacial score (nSPS) is 11.1. The predicted octanol–water partition coefficient (Wildman–Crippen LogP) is 2.35. The molecule has 0 aromatic rings. The van der Waals surface area contributed by atoms with Gasteiger partial charge in [-0.05, 0) is 26.1 Å². The van der Waals surface area contributed by atoms with E-state index in [9.17, 15) is 4.79 Å². The molecule has 0 aromatic heterocycles. The zero-order valence-electron chi connectivity index (χ0n) is 9.55. The van der Waals surface area contributed by atoms with Crippen LogP contribution in [0.3, 0.4) is 0 Å². The Morgan fingerprint density at radius 2 is 1.93 bits per heavy atom. The van der Waals surface area contributed by atoms with Gasteiger partial charge in [-0.25, -0.2) is 4.79 Å². The lowest BCUT2D eigenvalue weighted by Crippen LogP contribution is -2.30. The van der Waals surface area contributed by atoms with Gasteiger partial charge in [0.25, 0.3) is 0 Å². The molecule has 4 heteroatoms. The summed E-state index contributed by atoms with van der Waals surface area (Å²) in [5, 5.41) is 0. The number of esters is 1. The summed E-state index contributed by atoms with van der Waals surface area (Å²) >= 11 is 0. The first-order valence-corrected chi connectivity index (χ1v) is 7.97. The maximum Gasteiger partial charge on any atom is 0.333 e. The molecule has 3 nitrogen and oxygen atoms in total. The highest BCUT2D eigenvalue weighted by Gasteiger charge is 2.18. The van der Waals surface area contributed by atoms with Gasteiger partial charge in [-0.2, -0.15) is 0 Å². The van der Waals surface area contributed by atoms with Gasteiger partial charge in [0.1, 0.15) is 6.61 Å². The maximum atomic E-state index is 11.0. The molecule has 0 rings (SSSR count). The number of ether oxygens (including phenoxy) is 1. The van der Waals surface area contributed by atoms with Crippen molar-refractivity contribution >= 4 is 14.3 Å². The number of hydrogen-bond acceptors (Lipinski definition) is 3. The Morgan fingerprint density at radius 3 is 2.36 bits per heavy atom. The van der Waals surface area contributed by atoms with Crippen molar-refractivity contribution in [1.29, 1.82) is 0 Å². The molecule has 0 unspecified atom stereocenters. The van der Waals surface area contributed by atoms with Crippen LogP contribution in [0.4, 0.5) is 0 Å². The molecule has 0 heterocycles. The molecule has 0 aromatic carbocycles. The van der Waals surface area contributed by atoms with Gasteiger partial charge in [0, 0.05) is 5.57 Å². The van der Waals surface area contributed by atoms with Crippen LogP contribution in [0, 0.1) is 0 Å². The highest BCUT2D eigenvalue weighted by atomic mass is 28.4.